The number of amides is 1. The summed E-state index contributed by atoms with van der Waals surface area (Å²) >= 11 is 0. The quantitative estimate of drug-likeness (QED) is 0.734. The Kier molecular flexibility index (Phi) is 4.95. The molecule has 3 heterocycles. The summed E-state index contributed by atoms with van der Waals surface area (Å²) in [4.78, 5) is 30.7. The third-order valence-corrected chi connectivity index (χ3v) is 6.31. The maximum atomic E-state index is 12.3. The van der Waals surface area contributed by atoms with Crippen molar-refractivity contribution in [2.75, 3.05) is 30.5 Å². The molecule has 2 fully saturated rings. The first-order chi connectivity index (χ1) is 15.0. The summed E-state index contributed by atoms with van der Waals surface area (Å²) in [5.41, 5.74) is 1.64. The topological polar surface area (TPSA) is 94.9 Å². The average molecular weight is 426 g/mol. The lowest BCUT2D eigenvalue weighted by molar-refractivity contribution is -0.143. The Morgan fingerprint density at radius 2 is 2.16 bits per heavy atom. The van der Waals surface area contributed by atoms with Crippen molar-refractivity contribution < 1.29 is 23.8 Å². The summed E-state index contributed by atoms with van der Waals surface area (Å²) in [5.74, 6) is 2.05. The molecule has 2 aliphatic heterocycles. The first-order valence-corrected chi connectivity index (χ1v) is 10.7. The summed E-state index contributed by atoms with van der Waals surface area (Å²) in [6.45, 7) is 3.38. The predicted octanol–water partition coefficient (Wildman–Crippen LogP) is 3.04. The summed E-state index contributed by atoms with van der Waals surface area (Å²) in [7, 11) is 1.42. The molecule has 9 nitrogen and oxygen atoms in total. The van der Waals surface area contributed by atoms with Gasteiger partial charge >= 0.3 is 12.1 Å². The smallest absolute Gasteiger partial charge is 0.415 e. The molecule has 1 aliphatic carbocycles. The lowest BCUT2D eigenvalue weighted by Gasteiger charge is -2.33. The number of hydrogen-bond acceptors (Lipinski definition) is 7. The third-order valence-electron chi connectivity index (χ3n) is 6.31. The van der Waals surface area contributed by atoms with E-state index in [2.05, 4.69) is 5.32 Å². The molecule has 2 aromatic rings. The van der Waals surface area contributed by atoms with Crippen LogP contribution in [0.3, 0.4) is 0 Å². The van der Waals surface area contributed by atoms with E-state index >= 15 is 0 Å². The van der Waals surface area contributed by atoms with Gasteiger partial charge in [0, 0.05) is 18.0 Å². The molecular formula is C22H26N4O5. The molecule has 1 saturated carbocycles. The van der Waals surface area contributed by atoms with Gasteiger partial charge in [-0.25, -0.2) is 14.6 Å². The van der Waals surface area contributed by atoms with Gasteiger partial charge in [-0.1, -0.05) is 6.42 Å². The number of nitrogens with zero attached hydrogens (tertiary/aromatic N) is 3. The average Bonchev–Trinajstić information content (AvgIpc) is 3.23. The van der Waals surface area contributed by atoms with Crippen molar-refractivity contribution in [1.29, 1.82) is 0 Å². The van der Waals surface area contributed by atoms with Crippen molar-refractivity contribution in [2.45, 2.75) is 44.8 Å². The third kappa shape index (κ3) is 3.47. The number of rotatable bonds is 5. The Hall–Kier alpha value is -3.23. The molecule has 1 N–H and O–H groups in total. The van der Waals surface area contributed by atoms with Crippen LogP contribution in [0, 0.1) is 5.92 Å². The first kappa shape index (κ1) is 19.7. The van der Waals surface area contributed by atoms with E-state index in [9.17, 15) is 9.59 Å². The second kappa shape index (κ2) is 7.79. The number of fused-ring (bicyclic) bond motifs is 3. The number of benzene rings is 1. The molecule has 0 bridgehead atoms. The Balaban J connectivity index is 1.44. The molecule has 5 rings (SSSR count). The minimum absolute atomic E-state index is 0.0595. The molecule has 0 radical (unpaired) electrons. The number of carbonyl (C=O) groups excluding carboxylic acids is 2. The number of aromatic nitrogens is 2. The van der Waals surface area contributed by atoms with Gasteiger partial charge in [-0.05, 0) is 37.8 Å². The Labute approximate surface area is 180 Å². The molecule has 1 aromatic carbocycles. The lowest BCUT2D eigenvalue weighted by atomic mass is 9.79. The standard InChI is InChI=1S/C22H26N4O5/c1-13-12-31-22(28)26(13)18-11-25-8-9-30-17-10-15(6-7-16(17)20(25)24-18)23-19(21(27)29-2)14-4-3-5-14/h6-7,10-11,13-14,19,23H,3-5,8-9,12H2,1-2H3/t13-,19?/m1/s1. The summed E-state index contributed by atoms with van der Waals surface area (Å²) in [6.07, 6.45) is 4.67. The van der Waals surface area contributed by atoms with Crippen LogP contribution in [0.5, 0.6) is 5.75 Å². The van der Waals surface area contributed by atoms with Crippen molar-refractivity contribution >= 4 is 23.6 Å². The van der Waals surface area contributed by atoms with Gasteiger partial charge in [0.15, 0.2) is 5.82 Å². The van der Waals surface area contributed by atoms with E-state index in [1.165, 1.54) is 7.11 Å². The van der Waals surface area contributed by atoms with E-state index in [-0.39, 0.29) is 30.1 Å². The largest absolute Gasteiger partial charge is 0.491 e. The number of esters is 1. The first-order valence-electron chi connectivity index (χ1n) is 10.7. The van der Waals surface area contributed by atoms with E-state index in [0.29, 0.717) is 31.3 Å². The number of ether oxygens (including phenoxy) is 3. The number of hydrogen-bond donors (Lipinski definition) is 1. The molecule has 1 unspecified atom stereocenters. The molecule has 31 heavy (non-hydrogen) atoms. The molecule has 2 atom stereocenters. The monoisotopic (exact) mass is 426 g/mol. The molecule has 1 amide bonds. The van der Waals surface area contributed by atoms with Crippen molar-refractivity contribution in [3.63, 3.8) is 0 Å². The fraction of sp³-hybridized carbons (Fsp3) is 0.500. The van der Waals surface area contributed by atoms with Crippen molar-refractivity contribution in [2.24, 2.45) is 5.92 Å². The van der Waals surface area contributed by atoms with Crippen LogP contribution >= 0.6 is 0 Å². The van der Waals surface area contributed by atoms with Crippen LogP contribution in [0.4, 0.5) is 16.3 Å². The summed E-state index contributed by atoms with van der Waals surface area (Å²) in [6, 6.07) is 5.34. The maximum Gasteiger partial charge on any atom is 0.415 e. The molecular weight excluding hydrogens is 400 g/mol. The van der Waals surface area contributed by atoms with Gasteiger partial charge in [0.05, 0.1) is 25.3 Å². The maximum absolute atomic E-state index is 12.3. The van der Waals surface area contributed by atoms with Crippen LogP contribution in [-0.2, 0) is 20.8 Å². The highest BCUT2D eigenvalue weighted by Crippen LogP contribution is 2.38. The van der Waals surface area contributed by atoms with E-state index in [1.807, 2.05) is 35.9 Å². The highest BCUT2D eigenvalue weighted by molar-refractivity contribution is 5.89. The minimum atomic E-state index is -0.373. The Bertz CT molecular complexity index is 1020. The van der Waals surface area contributed by atoms with Crippen LogP contribution in [0.15, 0.2) is 24.4 Å². The fourth-order valence-electron chi connectivity index (χ4n) is 4.36. The van der Waals surface area contributed by atoms with Gasteiger partial charge in [-0.15, -0.1) is 0 Å². The van der Waals surface area contributed by atoms with Crippen LogP contribution in [-0.4, -0.2) is 54.0 Å². The number of methoxy groups -OCH3 is 1. The Morgan fingerprint density at radius 1 is 1.32 bits per heavy atom. The zero-order valence-corrected chi connectivity index (χ0v) is 17.7. The van der Waals surface area contributed by atoms with Crippen molar-refractivity contribution in [3.05, 3.63) is 24.4 Å². The highest BCUT2D eigenvalue weighted by atomic mass is 16.6. The van der Waals surface area contributed by atoms with Gasteiger partial charge in [0.1, 0.15) is 30.8 Å². The molecule has 1 aromatic heterocycles. The summed E-state index contributed by atoms with van der Waals surface area (Å²) in [5, 5.41) is 3.34. The Morgan fingerprint density at radius 3 is 2.84 bits per heavy atom. The zero-order valence-electron chi connectivity index (χ0n) is 17.7. The van der Waals surface area contributed by atoms with E-state index in [0.717, 1.165) is 36.3 Å². The molecule has 9 heteroatoms. The molecule has 3 aliphatic rings. The predicted molar refractivity (Wildman–Crippen MR) is 113 cm³/mol. The second-order valence-corrected chi connectivity index (χ2v) is 8.31. The minimum Gasteiger partial charge on any atom is -0.491 e. The molecule has 1 saturated heterocycles. The SMILES string of the molecule is COC(=O)C(Nc1ccc2c(c1)OCCn1cc(N3C(=O)OC[C@H]3C)nc1-2)C1CCC1. The lowest BCUT2D eigenvalue weighted by Crippen LogP contribution is -2.41. The number of imidazole rings is 1. The highest BCUT2D eigenvalue weighted by Gasteiger charge is 2.35. The van der Waals surface area contributed by atoms with Crippen LogP contribution < -0.4 is 15.0 Å². The van der Waals surface area contributed by atoms with Gasteiger partial charge in [0.25, 0.3) is 0 Å². The second-order valence-electron chi connectivity index (χ2n) is 8.31. The van der Waals surface area contributed by atoms with Crippen LogP contribution in [0.2, 0.25) is 0 Å². The summed E-state index contributed by atoms with van der Waals surface area (Å²) < 4.78 is 18.1. The zero-order chi connectivity index (χ0) is 21.5. The van der Waals surface area contributed by atoms with E-state index < -0.39 is 0 Å². The van der Waals surface area contributed by atoms with Gasteiger partial charge in [-0.2, -0.15) is 0 Å². The van der Waals surface area contributed by atoms with Crippen LogP contribution in [0.25, 0.3) is 11.4 Å². The molecule has 164 valence electrons. The van der Waals surface area contributed by atoms with E-state index in [1.54, 1.807) is 4.90 Å². The van der Waals surface area contributed by atoms with Gasteiger partial charge < -0.3 is 24.1 Å². The normalized spacial score (nSPS) is 21.2. The number of anilines is 2. The number of nitrogens with one attached hydrogen (secondary N) is 1. The molecule has 0 spiro atoms. The van der Waals surface area contributed by atoms with Crippen molar-refractivity contribution in [3.8, 4) is 17.1 Å². The van der Waals surface area contributed by atoms with Crippen molar-refractivity contribution in [1.82, 2.24) is 9.55 Å². The van der Waals surface area contributed by atoms with Crippen LogP contribution in [0.1, 0.15) is 26.2 Å². The van der Waals surface area contributed by atoms with Gasteiger partial charge in [0.2, 0.25) is 0 Å². The number of carbonyl (C=O) groups is 2. The number of cyclic esters (lactones) is 1. The van der Waals surface area contributed by atoms with E-state index in [4.69, 9.17) is 19.2 Å². The van der Waals surface area contributed by atoms with Gasteiger partial charge in [-0.3, -0.25) is 4.90 Å². The fourth-order valence-corrected chi connectivity index (χ4v) is 4.36.